The van der Waals surface area contributed by atoms with Gasteiger partial charge in [0.25, 0.3) is 0 Å². The first-order valence-electron chi connectivity index (χ1n) is 6.98. The van der Waals surface area contributed by atoms with E-state index >= 15 is 0 Å². The topological polar surface area (TPSA) is 55.8 Å². The van der Waals surface area contributed by atoms with Crippen LogP contribution >= 0.6 is 18.9 Å². The molecule has 118 valence electrons. The first kappa shape index (κ1) is 15.8. The summed E-state index contributed by atoms with van der Waals surface area (Å²) >= 11 is 1.30. The van der Waals surface area contributed by atoms with Crippen LogP contribution in [0.4, 0.5) is 0 Å². The van der Waals surface area contributed by atoms with Gasteiger partial charge in [-0.25, -0.2) is 4.57 Å². The summed E-state index contributed by atoms with van der Waals surface area (Å²) in [6.07, 6.45) is 0. The molecular weight excluding hydrogens is 331 g/mol. The zero-order valence-corrected chi connectivity index (χ0v) is 13.8. The highest BCUT2D eigenvalue weighted by atomic mass is 32.1. The summed E-state index contributed by atoms with van der Waals surface area (Å²) < 4.78 is 24.4. The fraction of sp³-hybridized carbons (Fsp3) is 0.0588. The summed E-state index contributed by atoms with van der Waals surface area (Å²) in [5.74, 6) is -0.604. The Morgan fingerprint density at radius 1 is 0.826 bits per heavy atom. The molecule has 1 N–H and O–H groups in total. The van der Waals surface area contributed by atoms with Gasteiger partial charge in [-0.1, -0.05) is 42.5 Å². The van der Waals surface area contributed by atoms with Crippen LogP contribution in [0.1, 0.15) is 10.7 Å². The van der Waals surface area contributed by atoms with Crippen LogP contribution in [0.15, 0.2) is 78.2 Å². The van der Waals surface area contributed by atoms with Gasteiger partial charge in [0.2, 0.25) is 5.85 Å². The molecule has 0 saturated carbocycles. The third kappa shape index (κ3) is 3.82. The molecule has 0 amide bonds. The molecule has 6 heteroatoms. The van der Waals surface area contributed by atoms with Crippen LogP contribution < -0.4 is 9.05 Å². The van der Waals surface area contributed by atoms with Crippen LogP contribution in [0.3, 0.4) is 0 Å². The van der Waals surface area contributed by atoms with Crippen LogP contribution in [0, 0.1) is 0 Å². The number of thiophene rings is 1. The maximum atomic E-state index is 13.3. The van der Waals surface area contributed by atoms with Crippen molar-refractivity contribution >= 4 is 18.9 Å². The lowest BCUT2D eigenvalue weighted by Crippen LogP contribution is -2.09. The molecule has 1 heterocycles. The second-order valence-electron chi connectivity index (χ2n) is 4.74. The van der Waals surface area contributed by atoms with Crippen molar-refractivity contribution < 1.29 is 18.7 Å². The molecule has 2 aromatic carbocycles. The summed E-state index contributed by atoms with van der Waals surface area (Å²) in [6.45, 7) is 0. The first-order valence-corrected chi connectivity index (χ1v) is 9.47. The van der Waals surface area contributed by atoms with E-state index in [-0.39, 0.29) is 0 Å². The molecule has 1 unspecified atom stereocenters. The second kappa shape index (κ2) is 7.01. The normalized spacial score (nSPS) is 12.6. The molecule has 0 radical (unpaired) electrons. The van der Waals surface area contributed by atoms with E-state index in [1.54, 1.807) is 66.0 Å². The Balaban J connectivity index is 1.93. The molecule has 3 rings (SSSR count). The predicted octanol–water partition coefficient (Wildman–Crippen LogP) is 5.09. The molecule has 1 aromatic heterocycles. The maximum absolute atomic E-state index is 13.3. The Hall–Kier alpha value is -2.07. The van der Waals surface area contributed by atoms with Gasteiger partial charge in [-0.05, 0) is 35.7 Å². The summed E-state index contributed by atoms with van der Waals surface area (Å²) in [6, 6.07) is 20.9. The molecule has 0 aliphatic carbocycles. The number of aliphatic hydroxyl groups excluding tert-OH is 1. The standard InChI is InChI=1S/C17H15O4PS/c18-17(16-12-7-13-23-16)22(19,20-14-8-3-1-4-9-14)21-15-10-5-2-6-11-15/h1-13,17-18H. The van der Waals surface area contributed by atoms with Crippen molar-refractivity contribution in [2.45, 2.75) is 5.85 Å². The van der Waals surface area contributed by atoms with E-state index < -0.39 is 13.4 Å². The van der Waals surface area contributed by atoms with Crippen LogP contribution in [-0.2, 0) is 4.57 Å². The van der Waals surface area contributed by atoms with Crippen LogP contribution in [0.25, 0.3) is 0 Å². The van der Waals surface area contributed by atoms with Gasteiger partial charge in [-0.3, -0.25) is 0 Å². The van der Waals surface area contributed by atoms with Crippen molar-refractivity contribution in [1.82, 2.24) is 0 Å². The minimum Gasteiger partial charge on any atom is -0.414 e. The van der Waals surface area contributed by atoms with E-state index in [4.69, 9.17) is 9.05 Å². The highest BCUT2D eigenvalue weighted by Crippen LogP contribution is 2.59. The van der Waals surface area contributed by atoms with E-state index in [1.165, 1.54) is 11.3 Å². The van der Waals surface area contributed by atoms with E-state index in [1.807, 2.05) is 12.1 Å². The molecule has 1 atom stereocenters. The predicted molar refractivity (Wildman–Crippen MR) is 91.0 cm³/mol. The van der Waals surface area contributed by atoms with Gasteiger partial charge in [0.15, 0.2) is 0 Å². The van der Waals surface area contributed by atoms with E-state index in [2.05, 4.69) is 0 Å². The molecule has 0 fully saturated rings. The fourth-order valence-electron chi connectivity index (χ4n) is 1.97. The quantitative estimate of drug-likeness (QED) is 0.632. The van der Waals surface area contributed by atoms with Gasteiger partial charge in [0, 0.05) is 4.88 Å². The number of benzene rings is 2. The van der Waals surface area contributed by atoms with Gasteiger partial charge in [0.05, 0.1) is 0 Å². The number of para-hydroxylation sites is 2. The van der Waals surface area contributed by atoms with Crippen molar-refractivity contribution in [3.63, 3.8) is 0 Å². The van der Waals surface area contributed by atoms with Crippen molar-refractivity contribution in [2.24, 2.45) is 0 Å². The monoisotopic (exact) mass is 346 g/mol. The van der Waals surface area contributed by atoms with Crippen molar-refractivity contribution in [2.75, 3.05) is 0 Å². The van der Waals surface area contributed by atoms with Gasteiger partial charge in [0.1, 0.15) is 11.5 Å². The van der Waals surface area contributed by atoms with Crippen molar-refractivity contribution in [3.8, 4) is 11.5 Å². The lowest BCUT2D eigenvalue weighted by molar-refractivity contribution is 0.215. The van der Waals surface area contributed by atoms with Crippen molar-refractivity contribution in [3.05, 3.63) is 83.1 Å². The van der Waals surface area contributed by atoms with Gasteiger partial charge < -0.3 is 14.2 Å². The van der Waals surface area contributed by atoms with Gasteiger partial charge in [-0.2, -0.15) is 0 Å². The average Bonchev–Trinajstić information content (AvgIpc) is 3.10. The van der Waals surface area contributed by atoms with Gasteiger partial charge in [-0.15, -0.1) is 11.3 Å². The molecule has 0 saturated heterocycles. The third-order valence-corrected chi connectivity index (χ3v) is 5.96. The van der Waals surface area contributed by atoms with Gasteiger partial charge >= 0.3 is 7.60 Å². The first-order chi connectivity index (χ1) is 11.2. The second-order valence-corrected chi connectivity index (χ2v) is 7.65. The van der Waals surface area contributed by atoms with Crippen LogP contribution in [0.2, 0.25) is 0 Å². The molecule has 3 aromatic rings. The van der Waals surface area contributed by atoms with E-state index in [0.717, 1.165) is 0 Å². The molecule has 0 aliphatic rings. The molecular formula is C17H15O4PS. The number of rotatable bonds is 6. The Morgan fingerprint density at radius 3 is 1.78 bits per heavy atom. The Kier molecular flexibility index (Phi) is 4.82. The van der Waals surface area contributed by atoms with Crippen LogP contribution in [0.5, 0.6) is 11.5 Å². The Bertz CT molecular complexity index is 729. The number of aliphatic hydroxyl groups is 1. The minimum atomic E-state index is -3.88. The van der Waals surface area contributed by atoms with E-state index in [9.17, 15) is 9.67 Å². The highest BCUT2D eigenvalue weighted by molar-refractivity contribution is 7.55. The van der Waals surface area contributed by atoms with Crippen molar-refractivity contribution in [1.29, 1.82) is 0 Å². The summed E-state index contributed by atoms with van der Waals surface area (Å²) in [7, 11) is -3.88. The highest BCUT2D eigenvalue weighted by Gasteiger charge is 2.40. The lowest BCUT2D eigenvalue weighted by atomic mass is 10.3. The molecule has 0 aliphatic heterocycles. The largest absolute Gasteiger partial charge is 0.464 e. The number of hydrogen-bond acceptors (Lipinski definition) is 5. The Morgan fingerprint density at radius 2 is 1.35 bits per heavy atom. The maximum Gasteiger partial charge on any atom is 0.464 e. The summed E-state index contributed by atoms with van der Waals surface area (Å²) in [4.78, 5) is 0.528. The fourth-order valence-corrected chi connectivity index (χ4v) is 4.60. The molecule has 23 heavy (non-hydrogen) atoms. The minimum absolute atomic E-state index is 0.377. The SMILES string of the molecule is O=P(Oc1ccccc1)(Oc1ccccc1)C(O)c1cccs1. The third-order valence-electron chi connectivity index (χ3n) is 3.05. The lowest BCUT2D eigenvalue weighted by Gasteiger charge is -2.23. The zero-order chi connectivity index (χ0) is 16.1. The smallest absolute Gasteiger partial charge is 0.414 e. The molecule has 0 bridgehead atoms. The zero-order valence-electron chi connectivity index (χ0n) is 12.1. The number of hydrogen-bond donors (Lipinski definition) is 1. The summed E-state index contributed by atoms with van der Waals surface area (Å²) in [5.41, 5.74) is 0. The Labute approximate surface area is 138 Å². The molecule has 4 nitrogen and oxygen atoms in total. The molecule has 0 spiro atoms. The average molecular weight is 346 g/mol. The van der Waals surface area contributed by atoms with E-state index in [0.29, 0.717) is 16.4 Å². The summed E-state index contributed by atoms with van der Waals surface area (Å²) in [5, 5.41) is 12.3. The van der Waals surface area contributed by atoms with Crippen LogP contribution in [-0.4, -0.2) is 5.11 Å².